The van der Waals surface area contributed by atoms with E-state index in [0.717, 1.165) is 11.1 Å². The summed E-state index contributed by atoms with van der Waals surface area (Å²) >= 11 is 0. The van der Waals surface area contributed by atoms with Crippen molar-refractivity contribution in [2.24, 2.45) is 5.92 Å². The van der Waals surface area contributed by atoms with E-state index in [1.165, 1.54) is 6.07 Å². The van der Waals surface area contributed by atoms with Gasteiger partial charge >= 0.3 is 6.18 Å². The monoisotopic (exact) mass is 285 g/mol. The number of halogens is 3. The molecule has 0 N–H and O–H groups in total. The molecule has 110 valence electrons. The van der Waals surface area contributed by atoms with Crippen LogP contribution in [0.15, 0.2) is 18.2 Å². The Bertz CT molecular complexity index is 509. The molecule has 1 rings (SSSR count). The van der Waals surface area contributed by atoms with Gasteiger partial charge in [0, 0.05) is 0 Å². The number of alkyl halides is 3. The third-order valence-corrected chi connectivity index (χ3v) is 2.90. The summed E-state index contributed by atoms with van der Waals surface area (Å²) in [5, 5.41) is 8.57. The van der Waals surface area contributed by atoms with Gasteiger partial charge in [0.2, 0.25) is 0 Å². The molecule has 0 aromatic heterocycles. The van der Waals surface area contributed by atoms with E-state index in [2.05, 4.69) is 0 Å². The molecule has 0 aliphatic rings. The van der Waals surface area contributed by atoms with Crippen LogP contribution in [0.5, 0.6) is 5.75 Å². The van der Waals surface area contributed by atoms with Crippen molar-refractivity contribution in [3.63, 3.8) is 0 Å². The molecule has 1 unspecified atom stereocenters. The minimum atomic E-state index is -4.57. The Morgan fingerprint density at radius 1 is 1.25 bits per heavy atom. The van der Waals surface area contributed by atoms with Gasteiger partial charge in [-0.2, -0.15) is 18.4 Å². The molecule has 0 amide bonds. The summed E-state index contributed by atoms with van der Waals surface area (Å²) in [6.07, 6.45) is -4.57. The first kappa shape index (κ1) is 16.4. The van der Waals surface area contributed by atoms with Gasteiger partial charge in [0.25, 0.3) is 0 Å². The minimum absolute atomic E-state index is 0.247. The van der Waals surface area contributed by atoms with E-state index in [1.54, 1.807) is 6.07 Å². The molecule has 0 saturated carbocycles. The third kappa shape index (κ3) is 4.16. The molecule has 0 spiro atoms. The molecule has 5 heteroatoms. The molecule has 0 fully saturated rings. The van der Waals surface area contributed by atoms with Gasteiger partial charge in [-0.3, -0.25) is 0 Å². The second kappa shape index (κ2) is 5.74. The van der Waals surface area contributed by atoms with Crippen LogP contribution in [-0.4, -0.2) is 12.8 Å². The van der Waals surface area contributed by atoms with Gasteiger partial charge < -0.3 is 4.74 Å². The van der Waals surface area contributed by atoms with Crippen LogP contribution in [0.2, 0.25) is 0 Å². The van der Waals surface area contributed by atoms with Gasteiger partial charge in [-0.05, 0) is 29.5 Å². The van der Waals surface area contributed by atoms with E-state index in [4.69, 9.17) is 10.00 Å². The van der Waals surface area contributed by atoms with Crippen LogP contribution in [0.4, 0.5) is 13.2 Å². The molecule has 0 aliphatic carbocycles. The van der Waals surface area contributed by atoms with Gasteiger partial charge in [0.1, 0.15) is 12.4 Å². The van der Waals surface area contributed by atoms with Crippen LogP contribution in [0.1, 0.15) is 31.9 Å². The van der Waals surface area contributed by atoms with Crippen molar-refractivity contribution in [3.05, 3.63) is 29.3 Å². The Balaban J connectivity index is 2.98. The highest BCUT2D eigenvalue weighted by Gasteiger charge is 2.40. The lowest BCUT2D eigenvalue weighted by Crippen LogP contribution is -2.28. The highest BCUT2D eigenvalue weighted by molar-refractivity contribution is 5.41. The topological polar surface area (TPSA) is 33.0 Å². The molecule has 0 bridgehead atoms. The first-order valence-electron chi connectivity index (χ1n) is 6.26. The summed E-state index contributed by atoms with van der Waals surface area (Å²) < 4.78 is 42.9. The smallest absolute Gasteiger partial charge is 0.407 e. The van der Waals surface area contributed by atoms with Crippen LogP contribution in [0, 0.1) is 24.2 Å². The zero-order chi connectivity index (χ0) is 15.6. The largest absolute Gasteiger partial charge is 0.492 e. The van der Waals surface area contributed by atoms with Crippen LogP contribution in [0.25, 0.3) is 0 Å². The second-order valence-electron chi connectivity index (χ2n) is 5.78. The molecule has 0 radical (unpaired) electrons. The average Bonchev–Trinajstić information content (AvgIpc) is 2.26. The SMILES string of the molecule is Cc1ccc(C(C)(C)C)c(OCC(C#N)C(F)(F)F)c1. The van der Waals surface area contributed by atoms with Crippen molar-refractivity contribution in [1.82, 2.24) is 0 Å². The maximum atomic E-state index is 12.5. The highest BCUT2D eigenvalue weighted by atomic mass is 19.4. The molecule has 0 aliphatic heterocycles. The number of rotatable bonds is 3. The first-order chi connectivity index (χ1) is 9.05. The predicted octanol–water partition coefficient (Wildman–Crippen LogP) is 4.37. The molecule has 1 aromatic carbocycles. The van der Waals surface area contributed by atoms with E-state index < -0.39 is 18.7 Å². The Morgan fingerprint density at radius 3 is 2.30 bits per heavy atom. The number of nitriles is 1. The first-order valence-corrected chi connectivity index (χ1v) is 6.26. The molecule has 1 aromatic rings. The molecular formula is C15H18F3NO. The summed E-state index contributed by atoms with van der Waals surface area (Å²) in [5.74, 6) is -1.71. The number of ether oxygens (including phenoxy) is 1. The standard InChI is InChI=1S/C15H18F3NO/c1-10-5-6-12(14(2,3)4)13(7-10)20-9-11(8-19)15(16,17)18/h5-7,11H,9H2,1-4H3. The molecule has 0 saturated heterocycles. The quantitative estimate of drug-likeness (QED) is 0.826. The lowest BCUT2D eigenvalue weighted by molar-refractivity contribution is -0.165. The number of hydrogen-bond acceptors (Lipinski definition) is 2. The van der Waals surface area contributed by atoms with Crippen LogP contribution >= 0.6 is 0 Å². The van der Waals surface area contributed by atoms with E-state index in [0.29, 0.717) is 5.75 Å². The Kier molecular flexibility index (Phi) is 4.69. The van der Waals surface area contributed by atoms with Crippen LogP contribution in [-0.2, 0) is 5.41 Å². The van der Waals surface area contributed by atoms with Gasteiger partial charge in [-0.1, -0.05) is 32.9 Å². The zero-order valence-electron chi connectivity index (χ0n) is 12.0. The van der Waals surface area contributed by atoms with Gasteiger partial charge in [0.15, 0.2) is 5.92 Å². The lowest BCUT2D eigenvalue weighted by Gasteiger charge is -2.24. The highest BCUT2D eigenvalue weighted by Crippen LogP contribution is 2.33. The summed E-state index contributed by atoms with van der Waals surface area (Å²) in [7, 11) is 0. The minimum Gasteiger partial charge on any atom is -0.492 e. The van der Waals surface area contributed by atoms with Crippen LogP contribution in [0.3, 0.4) is 0 Å². The predicted molar refractivity (Wildman–Crippen MR) is 70.5 cm³/mol. The Labute approximate surface area is 117 Å². The van der Waals surface area contributed by atoms with Crippen molar-refractivity contribution in [3.8, 4) is 11.8 Å². The summed E-state index contributed by atoms with van der Waals surface area (Å²) in [6, 6.07) is 6.67. The molecule has 0 heterocycles. The number of nitrogens with zero attached hydrogens (tertiary/aromatic N) is 1. The summed E-state index contributed by atoms with van der Waals surface area (Å²) in [5.41, 5.74) is 1.47. The lowest BCUT2D eigenvalue weighted by atomic mass is 9.86. The van der Waals surface area contributed by atoms with Crippen molar-refractivity contribution in [2.45, 2.75) is 39.3 Å². The van der Waals surface area contributed by atoms with Gasteiger partial charge in [0.05, 0.1) is 6.07 Å². The second-order valence-corrected chi connectivity index (χ2v) is 5.78. The number of aryl methyl sites for hydroxylation is 1. The number of benzene rings is 1. The average molecular weight is 285 g/mol. The normalized spacial score (nSPS) is 13.7. The van der Waals surface area contributed by atoms with Crippen molar-refractivity contribution < 1.29 is 17.9 Å². The molecular weight excluding hydrogens is 267 g/mol. The maximum absolute atomic E-state index is 12.5. The van der Waals surface area contributed by atoms with Crippen molar-refractivity contribution in [1.29, 1.82) is 5.26 Å². The molecule has 2 nitrogen and oxygen atoms in total. The summed E-state index contributed by atoms with van der Waals surface area (Å²) in [4.78, 5) is 0. The van der Waals surface area contributed by atoms with Gasteiger partial charge in [-0.25, -0.2) is 0 Å². The van der Waals surface area contributed by atoms with E-state index in [-0.39, 0.29) is 5.41 Å². The van der Waals surface area contributed by atoms with Crippen molar-refractivity contribution in [2.75, 3.05) is 6.61 Å². The Hall–Kier alpha value is -1.70. The van der Waals surface area contributed by atoms with Crippen LogP contribution < -0.4 is 4.74 Å². The molecule has 20 heavy (non-hydrogen) atoms. The fraction of sp³-hybridized carbons (Fsp3) is 0.533. The number of hydrogen-bond donors (Lipinski definition) is 0. The van der Waals surface area contributed by atoms with E-state index in [9.17, 15) is 13.2 Å². The van der Waals surface area contributed by atoms with E-state index in [1.807, 2.05) is 39.8 Å². The summed E-state index contributed by atoms with van der Waals surface area (Å²) in [6.45, 7) is 7.01. The van der Waals surface area contributed by atoms with E-state index >= 15 is 0 Å². The maximum Gasteiger partial charge on any atom is 0.407 e. The third-order valence-electron chi connectivity index (χ3n) is 2.90. The fourth-order valence-electron chi connectivity index (χ4n) is 1.75. The molecule has 1 atom stereocenters. The van der Waals surface area contributed by atoms with Gasteiger partial charge in [-0.15, -0.1) is 0 Å². The van der Waals surface area contributed by atoms with Crippen molar-refractivity contribution >= 4 is 0 Å². The zero-order valence-corrected chi connectivity index (χ0v) is 12.0. The fourth-order valence-corrected chi connectivity index (χ4v) is 1.75. The Morgan fingerprint density at radius 2 is 1.85 bits per heavy atom.